The normalized spacial score (nSPS) is 16.9. The molecule has 9 heteroatoms. The summed E-state index contributed by atoms with van der Waals surface area (Å²) in [7, 11) is -4.22. The summed E-state index contributed by atoms with van der Waals surface area (Å²) in [5.74, 6) is -2.90. The van der Waals surface area contributed by atoms with Crippen LogP contribution >= 0.6 is 11.6 Å². The summed E-state index contributed by atoms with van der Waals surface area (Å²) < 4.78 is 38.5. The predicted octanol–water partition coefficient (Wildman–Crippen LogP) is 1.86. The molecule has 1 fully saturated rings. The number of hydrazine groups is 1. The maximum absolute atomic E-state index is 14.1. The molecule has 116 valence electrons. The Kier molecular flexibility index (Phi) is 4.82. The molecule has 2 rings (SSSR count). The Morgan fingerprint density at radius 2 is 1.90 bits per heavy atom. The van der Waals surface area contributed by atoms with Crippen molar-refractivity contribution in [1.29, 1.82) is 0 Å². The summed E-state index contributed by atoms with van der Waals surface area (Å²) in [6, 6.07) is 1.77. The molecule has 6 nitrogen and oxygen atoms in total. The summed E-state index contributed by atoms with van der Waals surface area (Å²) in [5.41, 5.74) is -0.776. The first-order valence-electron chi connectivity index (χ1n) is 6.31. The fourth-order valence-corrected chi connectivity index (χ4v) is 3.65. The van der Waals surface area contributed by atoms with Crippen LogP contribution < -0.4 is 4.83 Å². The fraction of sp³-hybridized carbons (Fsp3) is 0.417. The van der Waals surface area contributed by atoms with Gasteiger partial charge in [-0.3, -0.25) is 0 Å². The van der Waals surface area contributed by atoms with Crippen LogP contribution in [0, 0.1) is 5.82 Å². The van der Waals surface area contributed by atoms with Crippen molar-refractivity contribution in [3.63, 3.8) is 0 Å². The van der Waals surface area contributed by atoms with E-state index in [0.717, 1.165) is 31.4 Å². The first kappa shape index (κ1) is 16.2. The van der Waals surface area contributed by atoms with Gasteiger partial charge in [0.05, 0.1) is 5.56 Å². The molecule has 2 N–H and O–H groups in total. The number of hydrogen-bond donors (Lipinski definition) is 2. The Labute approximate surface area is 126 Å². The van der Waals surface area contributed by atoms with Gasteiger partial charge >= 0.3 is 5.97 Å². The Bertz CT molecular complexity index is 659. The summed E-state index contributed by atoms with van der Waals surface area (Å²) in [6.45, 7) is 1.04. The summed E-state index contributed by atoms with van der Waals surface area (Å²) in [5, 5.41) is 10.2. The number of benzene rings is 1. The van der Waals surface area contributed by atoms with E-state index in [2.05, 4.69) is 4.83 Å². The molecule has 0 amide bonds. The number of carboxylic acid groups (broad SMARTS) is 1. The fourth-order valence-electron chi connectivity index (χ4n) is 2.12. The van der Waals surface area contributed by atoms with Gasteiger partial charge in [0, 0.05) is 18.1 Å². The number of aromatic carboxylic acids is 1. The van der Waals surface area contributed by atoms with Crippen LogP contribution in [0.5, 0.6) is 0 Å². The number of rotatable bonds is 4. The van der Waals surface area contributed by atoms with Crippen LogP contribution in [0.3, 0.4) is 0 Å². The zero-order valence-corrected chi connectivity index (χ0v) is 12.5. The van der Waals surface area contributed by atoms with Crippen LogP contribution in [-0.4, -0.2) is 37.6 Å². The number of piperidine rings is 1. The number of hydrogen-bond acceptors (Lipinski definition) is 4. The second-order valence-corrected chi connectivity index (χ2v) is 6.78. The maximum Gasteiger partial charge on any atom is 0.338 e. The van der Waals surface area contributed by atoms with E-state index in [0.29, 0.717) is 13.1 Å². The summed E-state index contributed by atoms with van der Waals surface area (Å²) in [4.78, 5) is 12.4. The van der Waals surface area contributed by atoms with Crippen molar-refractivity contribution >= 4 is 27.6 Å². The van der Waals surface area contributed by atoms with Crippen molar-refractivity contribution in [3.05, 3.63) is 28.5 Å². The van der Waals surface area contributed by atoms with Gasteiger partial charge in [0.25, 0.3) is 10.0 Å². The van der Waals surface area contributed by atoms with Crippen LogP contribution in [0.15, 0.2) is 17.0 Å². The van der Waals surface area contributed by atoms with Gasteiger partial charge in [-0.15, -0.1) is 4.83 Å². The maximum atomic E-state index is 14.1. The number of carboxylic acids is 1. The van der Waals surface area contributed by atoms with E-state index in [1.807, 2.05) is 0 Å². The van der Waals surface area contributed by atoms with E-state index in [1.165, 1.54) is 5.01 Å². The molecule has 1 aromatic carbocycles. The van der Waals surface area contributed by atoms with Crippen LogP contribution in [0.1, 0.15) is 29.6 Å². The highest BCUT2D eigenvalue weighted by molar-refractivity contribution is 7.89. The van der Waals surface area contributed by atoms with Crippen molar-refractivity contribution < 1.29 is 22.7 Å². The molecule has 1 aliphatic rings. The quantitative estimate of drug-likeness (QED) is 0.876. The lowest BCUT2D eigenvalue weighted by Crippen LogP contribution is -2.45. The van der Waals surface area contributed by atoms with E-state index in [9.17, 15) is 17.6 Å². The highest BCUT2D eigenvalue weighted by Crippen LogP contribution is 2.24. The first-order valence-corrected chi connectivity index (χ1v) is 8.17. The Balaban J connectivity index is 2.37. The highest BCUT2D eigenvalue weighted by Gasteiger charge is 2.27. The molecule has 1 saturated heterocycles. The highest BCUT2D eigenvalue weighted by atomic mass is 35.5. The van der Waals surface area contributed by atoms with Crippen LogP contribution in [0.4, 0.5) is 4.39 Å². The summed E-state index contributed by atoms with van der Waals surface area (Å²) in [6.07, 6.45) is 2.68. The topological polar surface area (TPSA) is 86.7 Å². The Morgan fingerprint density at radius 1 is 1.29 bits per heavy atom. The van der Waals surface area contributed by atoms with Gasteiger partial charge in [-0.05, 0) is 25.0 Å². The van der Waals surface area contributed by atoms with Gasteiger partial charge in [-0.25, -0.2) is 22.6 Å². The average Bonchev–Trinajstić information content (AvgIpc) is 2.41. The van der Waals surface area contributed by atoms with Crippen molar-refractivity contribution in [3.8, 4) is 0 Å². The molecule has 0 aromatic heterocycles. The molecule has 0 spiro atoms. The molecule has 0 atom stereocenters. The number of nitrogens with one attached hydrogen (secondary N) is 1. The lowest BCUT2D eigenvalue weighted by atomic mass is 10.2. The van der Waals surface area contributed by atoms with E-state index in [1.54, 1.807) is 0 Å². The van der Waals surface area contributed by atoms with E-state index in [4.69, 9.17) is 16.7 Å². The minimum atomic E-state index is -4.22. The third kappa shape index (κ3) is 3.70. The van der Waals surface area contributed by atoms with Gasteiger partial charge in [0.15, 0.2) is 5.82 Å². The number of halogens is 2. The monoisotopic (exact) mass is 336 g/mol. The molecule has 21 heavy (non-hydrogen) atoms. The molecule has 0 saturated carbocycles. The van der Waals surface area contributed by atoms with Gasteiger partial charge in [0.2, 0.25) is 0 Å². The molecule has 0 aliphatic carbocycles. The molecule has 1 aliphatic heterocycles. The number of nitrogens with zero attached hydrogens (tertiary/aromatic N) is 1. The third-order valence-electron chi connectivity index (χ3n) is 3.13. The summed E-state index contributed by atoms with van der Waals surface area (Å²) >= 11 is 5.68. The average molecular weight is 337 g/mol. The van der Waals surface area contributed by atoms with E-state index < -0.39 is 32.3 Å². The molecule has 1 aromatic rings. The molecular weight excluding hydrogens is 323 g/mol. The molecule has 0 bridgehead atoms. The molecule has 0 radical (unpaired) electrons. The third-order valence-corrected chi connectivity index (χ3v) is 4.72. The van der Waals surface area contributed by atoms with Gasteiger partial charge in [-0.2, -0.15) is 0 Å². The first-order chi connectivity index (χ1) is 9.81. The van der Waals surface area contributed by atoms with Gasteiger partial charge < -0.3 is 5.11 Å². The van der Waals surface area contributed by atoms with Crippen LogP contribution in [0.2, 0.25) is 5.02 Å². The lowest BCUT2D eigenvalue weighted by Gasteiger charge is -2.26. The second kappa shape index (κ2) is 6.27. The lowest BCUT2D eigenvalue weighted by molar-refractivity contribution is 0.0691. The molecule has 1 heterocycles. The van der Waals surface area contributed by atoms with E-state index in [-0.39, 0.29) is 5.02 Å². The minimum absolute atomic E-state index is 0.159. The van der Waals surface area contributed by atoms with Crippen LogP contribution in [-0.2, 0) is 10.0 Å². The zero-order chi connectivity index (χ0) is 15.6. The molecular formula is C12H14ClFN2O4S. The van der Waals surface area contributed by atoms with Crippen molar-refractivity contribution in [2.45, 2.75) is 24.2 Å². The smallest absolute Gasteiger partial charge is 0.338 e. The van der Waals surface area contributed by atoms with Crippen molar-refractivity contribution in [2.75, 3.05) is 13.1 Å². The van der Waals surface area contributed by atoms with E-state index >= 15 is 0 Å². The SMILES string of the molecule is O=C(O)c1cc(Cl)cc(S(=O)(=O)NN2CCCCC2)c1F. The largest absolute Gasteiger partial charge is 0.478 e. The van der Waals surface area contributed by atoms with Crippen LogP contribution in [0.25, 0.3) is 0 Å². The van der Waals surface area contributed by atoms with Crippen molar-refractivity contribution in [2.24, 2.45) is 0 Å². The number of carbonyl (C=O) groups is 1. The minimum Gasteiger partial charge on any atom is -0.478 e. The number of sulfonamides is 1. The van der Waals surface area contributed by atoms with Gasteiger partial charge in [-0.1, -0.05) is 18.0 Å². The Hall–Kier alpha value is -1.22. The van der Waals surface area contributed by atoms with Crippen molar-refractivity contribution in [1.82, 2.24) is 9.84 Å². The standard InChI is InChI=1S/C12H14ClFN2O4S/c13-8-6-9(12(17)18)11(14)10(7-8)21(19,20)15-16-4-2-1-3-5-16/h6-7,15H,1-5H2,(H,17,18). The zero-order valence-electron chi connectivity index (χ0n) is 11.0. The molecule has 0 unspecified atom stereocenters. The Morgan fingerprint density at radius 3 is 2.48 bits per heavy atom. The second-order valence-electron chi connectivity index (χ2n) is 4.71. The predicted molar refractivity (Wildman–Crippen MR) is 74.1 cm³/mol. The van der Waals surface area contributed by atoms with Gasteiger partial charge in [0.1, 0.15) is 4.90 Å².